The lowest BCUT2D eigenvalue weighted by Gasteiger charge is -2.22. The SMILES string of the molecule is C1=CC2Nc3ccc(-c4ccc5sc6ccc(-c7c8ccccc8c(-c8ccccc8)c8ccccc78)cc6c5c4)cc3N2C=C1. The van der Waals surface area contributed by atoms with Gasteiger partial charge in [-0.05, 0) is 103 Å². The molecular formula is C43H28N2S. The fourth-order valence-electron chi connectivity index (χ4n) is 7.52. The lowest BCUT2D eigenvalue weighted by Crippen LogP contribution is -2.30. The maximum absolute atomic E-state index is 3.61. The Morgan fingerprint density at radius 1 is 0.478 bits per heavy atom. The Labute approximate surface area is 271 Å². The summed E-state index contributed by atoms with van der Waals surface area (Å²) < 4.78 is 2.63. The van der Waals surface area contributed by atoms with Crippen LogP contribution in [0.15, 0.2) is 158 Å². The molecule has 2 aliphatic heterocycles. The van der Waals surface area contributed by atoms with Gasteiger partial charge < -0.3 is 10.2 Å². The molecule has 8 aromatic rings. The van der Waals surface area contributed by atoms with E-state index in [4.69, 9.17) is 0 Å². The molecule has 0 fully saturated rings. The first-order valence-corrected chi connectivity index (χ1v) is 16.6. The highest BCUT2D eigenvalue weighted by Gasteiger charge is 2.26. The van der Waals surface area contributed by atoms with Crippen LogP contribution in [0, 0.1) is 0 Å². The van der Waals surface area contributed by atoms with E-state index in [-0.39, 0.29) is 6.17 Å². The van der Waals surface area contributed by atoms with Gasteiger partial charge in [0.1, 0.15) is 6.17 Å². The normalized spacial score (nSPS) is 15.1. The first-order chi connectivity index (χ1) is 22.8. The molecule has 0 spiro atoms. The number of allylic oxidation sites excluding steroid dienone is 2. The van der Waals surface area contributed by atoms with Gasteiger partial charge in [0.25, 0.3) is 0 Å². The van der Waals surface area contributed by atoms with E-state index in [0.717, 1.165) is 0 Å². The molecule has 0 saturated carbocycles. The molecule has 10 rings (SSSR count). The highest BCUT2D eigenvalue weighted by Crippen LogP contribution is 2.46. The summed E-state index contributed by atoms with van der Waals surface area (Å²) in [4.78, 5) is 2.31. The minimum Gasteiger partial charge on any atom is -0.360 e. The Balaban J connectivity index is 1.17. The van der Waals surface area contributed by atoms with Gasteiger partial charge in [-0.15, -0.1) is 11.3 Å². The molecule has 0 amide bonds. The van der Waals surface area contributed by atoms with Gasteiger partial charge >= 0.3 is 0 Å². The zero-order valence-electron chi connectivity index (χ0n) is 24.9. The van der Waals surface area contributed by atoms with Crippen LogP contribution in [0.5, 0.6) is 0 Å². The van der Waals surface area contributed by atoms with Crippen LogP contribution in [-0.4, -0.2) is 6.17 Å². The maximum Gasteiger partial charge on any atom is 0.123 e. The summed E-state index contributed by atoms with van der Waals surface area (Å²) in [5.41, 5.74) is 9.97. The second-order valence-corrected chi connectivity index (χ2v) is 13.3. The van der Waals surface area contributed by atoms with E-state index in [1.54, 1.807) is 0 Å². The number of nitrogens with zero attached hydrogens (tertiary/aromatic N) is 1. The molecule has 3 heterocycles. The van der Waals surface area contributed by atoms with E-state index < -0.39 is 0 Å². The summed E-state index contributed by atoms with van der Waals surface area (Å²) in [7, 11) is 0. The van der Waals surface area contributed by atoms with Crippen molar-refractivity contribution < 1.29 is 0 Å². The standard InChI is InChI=1S/C43H28N2S/c1-2-10-27(11-3-1)42-31-12-4-6-14-33(31)43(34-15-7-5-13-32(34)42)30-19-22-40-36(25-30)35-24-28(18-21-39(35)46-40)29-17-20-37-38(26-29)45-23-9-8-16-41(45)44-37/h1-26,41,44H. The van der Waals surface area contributed by atoms with Crippen molar-refractivity contribution in [1.29, 1.82) is 0 Å². The number of hydrogen-bond donors (Lipinski definition) is 1. The van der Waals surface area contributed by atoms with Gasteiger partial charge in [-0.2, -0.15) is 0 Å². The minimum atomic E-state index is 0.186. The molecule has 0 saturated heterocycles. The third kappa shape index (κ3) is 3.82. The van der Waals surface area contributed by atoms with Crippen molar-refractivity contribution in [1.82, 2.24) is 0 Å². The van der Waals surface area contributed by atoms with E-state index in [9.17, 15) is 0 Å². The van der Waals surface area contributed by atoms with E-state index in [0.29, 0.717) is 0 Å². The number of anilines is 2. The molecular weight excluding hydrogens is 577 g/mol. The molecule has 1 aromatic heterocycles. The first-order valence-electron chi connectivity index (χ1n) is 15.8. The predicted octanol–water partition coefficient (Wildman–Crippen LogP) is 12.0. The number of hydrogen-bond acceptors (Lipinski definition) is 3. The van der Waals surface area contributed by atoms with E-state index in [2.05, 4.69) is 168 Å². The second-order valence-electron chi connectivity index (χ2n) is 12.2. The molecule has 7 aromatic carbocycles. The van der Waals surface area contributed by atoms with E-state index in [1.807, 2.05) is 11.3 Å². The lowest BCUT2D eigenvalue weighted by atomic mass is 9.86. The molecule has 2 nitrogen and oxygen atoms in total. The number of nitrogens with one attached hydrogen (secondary N) is 1. The van der Waals surface area contributed by atoms with Gasteiger partial charge in [0, 0.05) is 26.4 Å². The Hall–Kier alpha value is -5.64. The average molecular weight is 605 g/mol. The van der Waals surface area contributed by atoms with Gasteiger partial charge in [0.2, 0.25) is 0 Å². The summed E-state index contributed by atoms with van der Waals surface area (Å²) in [6.07, 6.45) is 8.74. The quantitative estimate of drug-likeness (QED) is 0.202. The van der Waals surface area contributed by atoms with Crippen LogP contribution in [0.25, 0.3) is 75.1 Å². The topological polar surface area (TPSA) is 15.3 Å². The van der Waals surface area contributed by atoms with Crippen molar-refractivity contribution in [3.8, 4) is 33.4 Å². The van der Waals surface area contributed by atoms with Gasteiger partial charge in [-0.25, -0.2) is 0 Å². The second kappa shape index (κ2) is 9.93. The maximum atomic E-state index is 3.61. The molecule has 0 radical (unpaired) electrons. The number of fused-ring (bicyclic) bond motifs is 8. The highest BCUT2D eigenvalue weighted by atomic mass is 32.1. The largest absolute Gasteiger partial charge is 0.360 e. The molecule has 0 aliphatic carbocycles. The average Bonchev–Trinajstić information content (AvgIpc) is 3.68. The van der Waals surface area contributed by atoms with E-state index in [1.165, 1.54) is 86.5 Å². The van der Waals surface area contributed by atoms with Crippen molar-refractivity contribution in [2.75, 3.05) is 10.2 Å². The van der Waals surface area contributed by atoms with Crippen LogP contribution >= 0.6 is 11.3 Å². The predicted molar refractivity (Wildman–Crippen MR) is 199 cm³/mol. The first kappa shape index (κ1) is 25.7. The molecule has 0 bridgehead atoms. The minimum absolute atomic E-state index is 0.186. The van der Waals surface area contributed by atoms with Crippen molar-refractivity contribution >= 4 is 64.4 Å². The number of thiophene rings is 1. The van der Waals surface area contributed by atoms with Crippen LogP contribution in [0.1, 0.15) is 0 Å². The highest BCUT2D eigenvalue weighted by molar-refractivity contribution is 7.25. The molecule has 1 N–H and O–H groups in total. The van der Waals surface area contributed by atoms with Crippen LogP contribution < -0.4 is 10.2 Å². The van der Waals surface area contributed by atoms with Gasteiger partial charge in [0.05, 0.1) is 11.4 Å². The fourth-order valence-corrected chi connectivity index (χ4v) is 8.59. The van der Waals surface area contributed by atoms with Crippen LogP contribution in [0.4, 0.5) is 11.4 Å². The third-order valence-electron chi connectivity index (χ3n) is 9.62. The summed E-state index contributed by atoms with van der Waals surface area (Å²) in [6, 6.07) is 49.4. The Morgan fingerprint density at radius 2 is 1.04 bits per heavy atom. The number of rotatable bonds is 3. The Kier molecular flexibility index (Phi) is 5.54. The fraction of sp³-hybridized carbons (Fsp3) is 0.0233. The van der Waals surface area contributed by atoms with Crippen molar-refractivity contribution in [3.05, 3.63) is 158 Å². The molecule has 1 unspecified atom stereocenters. The lowest BCUT2D eigenvalue weighted by molar-refractivity contribution is 0.908. The molecule has 2 aliphatic rings. The van der Waals surface area contributed by atoms with Gasteiger partial charge in [-0.1, -0.05) is 103 Å². The van der Waals surface area contributed by atoms with Gasteiger partial charge in [0.15, 0.2) is 0 Å². The molecule has 3 heteroatoms. The Morgan fingerprint density at radius 3 is 1.74 bits per heavy atom. The van der Waals surface area contributed by atoms with Gasteiger partial charge in [-0.3, -0.25) is 0 Å². The van der Waals surface area contributed by atoms with Crippen molar-refractivity contribution in [2.24, 2.45) is 0 Å². The summed E-state index contributed by atoms with van der Waals surface area (Å²) in [5, 5.41) is 11.4. The Bertz CT molecular complexity index is 2520. The summed E-state index contributed by atoms with van der Waals surface area (Å²) in [6.45, 7) is 0. The molecule has 216 valence electrons. The molecule has 1 atom stereocenters. The van der Waals surface area contributed by atoms with E-state index >= 15 is 0 Å². The van der Waals surface area contributed by atoms with Crippen molar-refractivity contribution in [3.63, 3.8) is 0 Å². The molecule has 46 heavy (non-hydrogen) atoms. The van der Waals surface area contributed by atoms with Crippen LogP contribution in [0.2, 0.25) is 0 Å². The van der Waals surface area contributed by atoms with Crippen LogP contribution in [-0.2, 0) is 0 Å². The monoisotopic (exact) mass is 604 g/mol. The zero-order chi connectivity index (χ0) is 30.2. The third-order valence-corrected chi connectivity index (χ3v) is 10.8. The van der Waals surface area contributed by atoms with Crippen LogP contribution in [0.3, 0.4) is 0 Å². The number of benzene rings is 7. The summed E-state index contributed by atoms with van der Waals surface area (Å²) >= 11 is 1.88. The van der Waals surface area contributed by atoms with Crippen molar-refractivity contribution in [2.45, 2.75) is 6.17 Å². The smallest absolute Gasteiger partial charge is 0.123 e. The zero-order valence-corrected chi connectivity index (χ0v) is 25.8. The summed E-state index contributed by atoms with van der Waals surface area (Å²) in [5.74, 6) is 0.